The monoisotopic (exact) mass is 234 g/mol. The van der Waals surface area contributed by atoms with E-state index in [1.165, 1.54) is 6.07 Å². The molecule has 1 amide bonds. The van der Waals surface area contributed by atoms with E-state index in [4.69, 9.17) is 5.11 Å². The molecule has 0 aromatic heterocycles. The number of rotatable bonds is 3. The summed E-state index contributed by atoms with van der Waals surface area (Å²) in [5, 5.41) is 11.9. The zero-order valence-corrected chi connectivity index (χ0v) is 9.56. The van der Waals surface area contributed by atoms with Crippen molar-refractivity contribution >= 4 is 23.3 Å². The van der Waals surface area contributed by atoms with Gasteiger partial charge in [0.05, 0.1) is 5.56 Å². The number of hydrogen-bond donors (Lipinski definition) is 2. The largest absolute Gasteiger partial charge is 0.478 e. The van der Waals surface area contributed by atoms with Crippen LogP contribution in [0.3, 0.4) is 0 Å². The van der Waals surface area contributed by atoms with Gasteiger partial charge in [0.25, 0.3) is 0 Å². The highest BCUT2D eigenvalue weighted by molar-refractivity contribution is 5.98. The molecule has 0 atom stereocenters. The van der Waals surface area contributed by atoms with Crippen LogP contribution < -0.4 is 10.2 Å². The second-order valence-electron chi connectivity index (χ2n) is 3.97. The third-order valence-electron chi connectivity index (χ3n) is 2.84. The van der Waals surface area contributed by atoms with Crippen LogP contribution in [0.25, 0.3) is 0 Å². The first-order chi connectivity index (χ1) is 8.11. The highest BCUT2D eigenvalue weighted by Crippen LogP contribution is 2.26. The van der Waals surface area contributed by atoms with Gasteiger partial charge in [-0.1, -0.05) is 0 Å². The second kappa shape index (κ2) is 4.45. The van der Waals surface area contributed by atoms with E-state index in [1.54, 1.807) is 24.1 Å². The molecule has 1 saturated heterocycles. The Morgan fingerprint density at radius 2 is 2.18 bits per heavy atom. The molecule has 0 bridgehead atoms. The molecular weight excluding hydrogens is 220 g/mol. The van der Waals surface area contributed by atoms with Gasteiger partial charge in [0.2, 0.25) is 5.91 Å². The number of aromatic carboxylic acids is 1. The van der Waals surface area contributed by atoms with E-state index in [9.17, 15) is 9.59 Å². The minimum Gasteiger partial charge on any atom is -0.478 e. The Labute approximate surface area is 99.0 Å². The molecule has 17 heavy (non-hydrogen) atoms. The van der Waals surface area contributed by atoms with Gasteiger partial charge in [-0.15, -0.1) is 0 Å². The molecular formula is C12H14N2O3. The average molecular weight is 234 g/mol. The van der Waals surface area contributed by atoms with Crippen LogP contribution in [-0.4, -0.2) is 30.6 Å². The first-order valence-corrected chi connectivity index (χ1v) is 5.48. The Morgan fingerprint density at radius 1 is 1.41 bits per heavy atom. The van der Waals surface area contributed by atoms with Gasteiger partial charge in [0.15, 0.2) is 0 Å². The van der Waals surface area contributed by atoms with Crippen LogP contribution in [0.5, 0.6) is 0 Å². The zero-order chi connectivity index (χ0) is 12.4. The summed E-state index contributed by atoms with van der Waals surface area (Å²) in [6, 6.07) is 4.87. The highest BCUT2D eigenvalue weighted by Gasteiger charge is 2.22. The fourth-order valence-electron chi connectivity index (χ4n) is 1.96. The standard InChI is InChI=1S/C12H14N2O3/c1-13-9-5-8(12(16)17)6-10(7-9)14-4-2-3-11(14)15/h5-7,13H,2-4H2,1H3,(H,16,17). The molecule has 1 aliphatic heterocycles. The molecule has 5 nitrogen and oxygen atoms in total. The number of benzene rings is 1. The fraction of sp³-hybridized carbons (Fsp3) is 0.333. The van der Waals surface area contributed by atoms with Crippen molar-refractivity contribution in [1.82, 2.24) is 0 Å². The van der Waals surface area contributed by atoms with Crippen LogP contribution >= 0.6 is 0 Å². The minimum atomic E-state index is -0.991. The summed E-state index contributed by atoms with van der Waals surface area (Å²) >= 11 is 0. The van der Waals surface area contributed by atoms with E-state index in [2.05, 4.69) is 5.32 Å². The van der Waals surface area contributed by atoms with E-state index in [0.29, 0.717) is 24.3 Å². The molecule has 1 aromatic rings. The molecule has 90 valence electrons. The number of nitrogens with zero attached hydrogens (tertiary/aromatic N) is 1. The Kier molecular flexibility index (Phi) is 2.99. The molecule has 1 fully saturated rings. The predicted octanol–water partition coefficient (Wildman–Crippen LogP) is 1.55. The van der Waals surface area contributed by atoms with Crippen LogP contribution in [0, 0.1) is 0 Å². The lowest BCUT2D eigenvalue weighted by Gasteiger charge is -2.17. The lowest BCUT2D eigenvalue weighted by Crippen LogP contribution is -2.24. The number of anilines is 2. The molecule has 2 N–H and O–H groups in total. The van der Waals surface area contributed by atoms with Crippen LogP contribution in [0.1, 0.15) is 23.2 Å². The van der Waals surface area contributed by atoms with Gasteiger partial charge in [-0.05, 0) is 24.6 Å². The topological polar surface area (TPSA) is 69.6 Å². The van der Waals surface area contributed by atoms with Gasteiger partial charge >= 0.3 is 5.97 Å². The maximum Gasteiger partial charge on any atom is 0.335 e. The second-order valence-corrected chi connectivity index (χ2v) is 3.97. The summed E-state index contributed by atoms with van der Waals surface area (Å²) in [7, 11) is 1.72. The molecule has 1 heterocycles. The number of carboxylic acid groups (broad SMARTS) is 1. The number of nitrogens with one attached hydrogen (secondary N) is 1. The zero-order valence-electron chi connectivity index (χ0n) is 9.56. The van der Waals surface area contributed by atoms with Crippen LogP contribution in [0.2, 0.25) is 0 Å². The van der Waals surface area contributed by atoms with Crippen molar-refractivity contribution in [2.75, 3.05) is 23.8 Å². The van der Waals surface area contributed by atoms with Gasteiger partial charge < -0.3 is 15.3 Å². The Hall–Kier alpha value is -2.04. The van der Waals surface area contributed by atoms with Crippen molar-refractivity contribution in [1.29, 1.82) is 0 Å². The van der Waals surface area contributed by atoms with Crippen molar-refractivity contribution in [3.63, 3.8) is 0 Å². The summed E-state index contributed by atoms with van der Waals surface area (Å²) in [4.78, 5) is 24.2. The van der Waals surface area contributed by atoms with Gasteiger partial charge in [-0.2, -0.15) is 0 Å². The summed E-state index contributed by atoms with van der Waals surface area (Å²) < 4.78 is 0. The summed E-state index contributed by atoms with van der Waals surface area (Å²) in [5.41, 5.74) is 1.53. The van der Waals surface area contributed by atoms with Crippen molar-refractivity contribution in [3.8, 4) is 0 Å². The summed E-state index contributed by atoms with van der Waals surface area (Å²) in [5.74, 6) is -0.940. The molecule has 5 heteroatoms. The Balaban J connectivity index is 2.42. The average Bonchev–Trinajstić information content (AvgIpc) is 2.74. The lowest BCUT2D eigenvalue weighted by atomic mass is 10.1. The van der Waals surface area contributed by atoms with Crippen LogP contribution in [-0.2, 0) is 4.79 Å². The van der Waals surface area contributed by atoms with E-state index in [0.717, 1.165) is 6.42 Å². The number of carbonyl (C=O) groups excluding carboxylic acids is 1. The smallest absolute Gasteiger partial charge is 0.335 e. The highest BCUT2D eigenvalue weighted by atomic mass is 16.4. The molecule has 0 aliphatic carbocycles. The van der Waals surface area contributed by atoms with Crippen molar-refractivity contribution in [3.05, 3.63) is 23.8 Å². The SMILES string of the molecule is CNc1cc(C(=O)O)cc(N2CCCC2=O)c1. The molecule has 0 spiro atoms. The van der Waals surface area contributed by atoms with Crippen molar-refractivity contribution in [2.45, 2.75) is 12.8 Å². The quantitative estimate of drug-likeness (QED) is 0.832. The number of carboxylic acids is 1. The number of hydrogen-bond acceptors (Lipinski definition) is 3. The van der Waals surface area contributed by atoms with Crippen LogP contribution in [0.15, 0.2) is 18.2 Å². The van der Waals surface area contributed by atoms with Crippen LogP contribution in [0.4, 0.5) is 11.4 Å². The number of carbonyl (C=O) groups is 2. The van der Waals surface area contributed by atoms with E-state index < -0.39 is 5.97 Å². The predicted molar refractivity (Wildman–Crippen MR) is 64.5 cm³/mol. The molecule has 1 aliphatic rings. The number of amides is 1. The molecule has 0 saturated carbocycles. The van der Waals surface area contributed by atoms with Gasteiger partial charge in [0, 0.05) is 31.4 Å². The molecule has 0 radical (unpaired) electrons. The van der Waals surface area contributed by atoms with Crippen molar-refractivity contribution in [2.24, 2.45) is 0 Å². The normalized spacial score (nSPS) is 15.1. The van der Waals surface area contributed by atoms with Gasteiger partial charge in [-0.3, -0.25) is 4.79 Å². The van der Waals surface area contributed by atoms with E-state index >= 15 is 0 Å². The van der Waals surface area contributed by atoms with Crippen molar-refractivity contribution < 1.29 is 14.7 Å². The third-order valence-corrected chi connectivity index (χ3v) is 2.84. The van der Waals surface area contributed by atoms with Gasteiger partial charge in [-0.25, -0.2) is 4.79 Å². The maximum atomic E-state index is 11.6. The lowest BCUT2D eigenvalue weighted by molar-refractivity contribution is -0.117. The summed E-state index contributed by atoms with van der Waals surface area (Å²) in [6.45, 7) is 0.658. The Morgan fingerprint density at radius 3 is 2.71 bits per heavy atom. The van der Waals surface area contributed by atoms with Gasteiger partial charge in [0.1, 0.15) is 0 Å². The minimum absolute atomic E-state index is 0.0505. The first kappa shape index (κ1) is 11.4. The fourth-order valence-corrected chi connectivity index (χ4v) is 1.96. The first-order valence-electron chi connectivity index (χ1n) is 5.48. The third kappa shape index (κ3) is 2.22. The Bertz CT molecular complexity index is 471. The maximum absolute atomic E-state index is 11.6. The molecule has 1 aromatic carbocycles. The summed E-state index contributed by atoms with van der Waals surface area (Å²) in [6.07, 6.45) is 1.36. The van der Waals surface area contributed by atoms with E-state index in [-0.39, 0.29) is 11.5 Å². The molecule has 2 rings (SSSR count). The molecule has 0 unspecified atom stereocenters. The van der Waals surface area contributed by atoms with E-state index in [1.807, 2.05) is 0 Å².